The monoisotopic (exact) mass is 195 g/mol. The summed E-state index contributed by atoms with van der Waals surface area (Å²) in [6, 6.07) is 0.100. The fourth-order valence-corrected chi connectivity index (χ4v) is 1.46. The SMILES string of the molecule is CC[C@@H](N)c1cncn1C(C)(C)CC. The molecule has 80 valence electrons. The van der Waals surface area contributed by atoms with E-state index in [9.17, 15) is 0 Å². The van der Waals surface area contributed by atoms with Crippen LogP contribution in [0.15, 0.2) is 12.5 Å². The molecule has 0 aliphatic heterocycles. The third-order valence-corrected chi connectivity index (χ3v) is 3.00. The minimum absolute atomic E-state index is 0.100. The van der Waals surface area contributed by atoms with Crippen molar-refractivity contribution in [1.29, 1.82) is 0 Å². The molecule has 0 saturated heterocycles. The zero-order chi connectivity index (χ0) is 10.8. The second-order valence-electron chi connectivity index (χ2n) is 4.37. The molecule has 2 N–H and O–H groups in total. The first-order valence-corrected chi connectivity index (χ1v) is 5.31. The van der Waals surface area contributed by atoms with Crippen LogP contribution in [0.25, 0.3) is 0 Å². The zero-order valence-electron chi connectivity index (χ0n) is 9.62. The summed E-state index contributed by atoms with van der Waals surface area (Å²) in [5, 5.41) is 0. The summed E-state index contributed by atoms with van der Waals surface area (Å²) < 4.78 is 2.20. The summed E-state index contributed by atoms with van der Waals surface area (Å²) in [7, 11) is 0. The number of hydrogen-bond donors (Lipinski definition) is 1. The smallest absolute Gasteiger partial charge is 0.0953 e. The molecule has 3 nitrogen and oxygen atoms in total. The van der Waals surface area contributed by atoms with Crippen molar-refractivity contribution in [3.05, 3.63) is 18.2 Å². The second kappa shape index (κ2) is 4.13. The Hall–Kier alpha value is -0.830. The molecule has 1 aromatic heterocycles. The fourth-order valence-electron chi connectivity index (χ4n) is 1.46. The minimum Gasteiger partial charge on any atom is -0.328 e. The van der Waals surface area contributed by atoms with Gasteiger partial charge in [0.25, 0.3) is 0 Å². The van der Waals surface area contributed by atoms with Crippen LogP contribution < -0.4 is 5.73 Å². The first-order chi connectivity index (χ1) is 6.53. The van der Waals surface area contributed by atoms with Gasteiger partial charge in [-0.1, -0.05) is 13.8 Å². The van der Waals surface area contributed by atoms with E-state index in [1.54, 1.807) is 0 Å². The van der Waals surface area contributed by atoms with Gasteiger partial charge in [-0.3, -0.25) is 0 Å². The Bertz CT molecular complexity index is 288. The van der Waals surface area contributed by atoms with Crippen molar-refractivity contribution >= 4 is 0 Å². The maximum atomic E-state index is 6.03. The van der Waals surface area contributed by atoms with Gasteiger partial charge in [0.2, 0.25) is 0 Å². The molecule has 1 atom stereocenters. The Morgan fingerprint density at radius 3 is 2.64 bits per heavy atom. The van der Waals surface area contributed by atoms with Crippen molar-refractivity contribution < 1.29 is 0 Å². The average molecular weight is 195 g/mol. The summed E-state index contributed by atoms with van der Waals surface area (Å²) in [5.41, 5.74) is 7.28. The quantitative estimate of drug-likeness (QED) is 0.802. The van der Waals surface area contributed by atoms with E-state index in [-0.39, 0.29) is 11.6 Å². The molecule has 0 aliphatic carbocycles. The molecule has 3 heteroatoms. The highest BCUT2D eigenvalue weighted by Crippen LogP contribution is 2.24. The van der Waals surface area contributed by atoms with E-state index in [1.165, 1.54) is 0 Å². The van der Waals surface area contributed by atoms with Gasteiger partial charge >= 0.3 is 0 Å². The number of rotatable bonds is 4. The lowest BCUT2D eigenvalue weighted by Gasteiger charge is -2.28. The Kier molecular flexibility index (Phi) is 3.32. The molecule has 0 fully saturated rings. The highest BCUT2D eigenvalue weighted by molar-refractivity contribution is 5.07. The normalized spacial score (nSPS) is 14.4. The topological polar surface area (TPSA) is 43.8 Å². The Balaban J connectivity index is 3.04. The van der Waals surface area contributed by atoms with Gasteiger partial charge in [-0.2, -0.15) is 0 Å². The van der Waals surface area contributed by atoms with Crippen LogP contribution in [0.2, 0.25) is 0 Å². The summed E-state index contributed by atoms with van der Waals surface area (Å²) in [6.07, 6.45) is 5.79. The molecule has 0 radical (unpaired) electrons. The van der Waals surface area contributed by atoms with Crippen LogP contribution >= 0.6 is 0 Å². The molecule has 1 rings (SSSR count). The lowest BCUT2D eigenvalue weighted by Crippen LogP contribution is -2.28. The van der Waals surface area contributed by atoms with E-state index in [1.807, 2.05) is 12.5 Å². The predicted octanol–water partition coefficient (Wildman–Crippen LogP) is 2.44. The molecule has 0 spiro atoms. The van der Waals surface area contributed by atoms with Crippen molar-refractivity contribution in [2.45, 2.75) is 52.1 Å². The number of imidazole rings is 1. The summed E-state index contributed by atoms with van der Waals surface area (Å²) >= 11 is 0. The molecule has 0 aliphatic rings. The van der Waals surface area contributed by atoms with Crippen LogP contribution in [-0.4, -0.2) is 9.55 Å². The van der Waals surface area contributed by atoms with Gasteiger partial charge in [0.15, 0.2) is 0 Å². The van der Waals surface area contributed by atoms with Gasteiger partial charge in [0, 0.05) is 17.8 Å². The second-order valence-corrected chi connectivity index (χ2v) is 4.37. The van der Waals surface area contributed by atoms with Crippen LogP contribution in [0.4, 0.5) is 0 Å². The summed E-state index contributed by atoms with van der Waals surface area (Å²) in [6.45, 7) is 8.70. The molecule has 1 heterocycles. The summed E-state index contributed by atoms with van der Waals surface area (Å²) in [4.78, 5) is 4.19. The van der Waals surface area contributed by atoms with Gasteiger partial charge in [-0.15, -0.1) is 0 Å². The molecular formula is C11H21N3. The molecule has 14 heavy (non-hydrogen) atoms. The van der Waals surface area contributed by atoms with Crippen molar-refractivity contribution in [2.75, 3.05) is 0 Å². The van der Waals surface area contributed by atoms with Crippen LogP contribution in [0.1, 0.15) is 52.3 Å². The Morgan fingerprint density at radius 2 is 2.14 bits per heavy atom. The van der Waals surface area contributed by atoms with Gasteiger partial charge in [0.1, 0.15) is 0 Å². The third kappa shape index (κ3) is 1.98. The molecular weight excluding hydrogens is 174 g/mol. The maximum Gasteiger partial charge on any atom is 0.0953 e. The number of nitrogens with zero attached hydrogens (tertiary/aromatic N) is 2. The van der Waals surface area contributed by atoms with E-state index in [0.717, 1.165) is 18.5 Å². The van der Waals surface area contributed by atoms with E-state index in [0.29, 0.717) is 0 Å². The molecule has 0 unspecified atom stereocenters. The van der Waals surface area contributed by atoms with E-state index >= 15 is 0 Å². The lowest BCUT2D eigenvalue weighted by atomic mass is 10.0. The molecule has 0 saturated carbocycles. The Labute approximate surface area is 86.3 Å². The largest absolute Gasteiger partial charge is 0.328 e. The predicted molar refractivity (Wildman–Crippen MR) is 59.1 cm³/mol. The van der Waals surface area contributed by atoms with E-state index < -0.39 is 0 Å². The first kappa shape index (κ1) is 11.2. The average Bonchev–Trinajstić information content (AvgIpc) is 2.65. The first-order valence-electron chi connectivity index (χ1n) is 5.31. The van der Waals surface area contributed by atoms with Gasteiger partial charge in [0.05, 0.1) is 12.0 Å². The third-order valence-electron chi connectivity index (χ3n) is 3.00. The Morgan fingerprint density at radius 1 is 1.50 bits per heavy atom. The molecule has 0 bridgehead atoms. The van der Waals surface area contributed by atoms with Crippen molar-refractivity contribution in [1.82, 2.24) is 9.55 Å². The number of hydrogen-bond acceptors (Lipinski definition) is 2. The zero-order valence-corrected chi connectivity index (χ0v) is 9.62. The molecule has 0 aromatic carbocycles. The van der Waals surface area contributed by atoms with E-state index in [2.05, 4.69) is 37.2 Å². The van der Waals surface area contributed by atoms with Crippen molar-refractivity contribution in [3.8, 4) is 0 Å². The van der Waals surface area contributed by atoms with Crippen LogP contribution in [0.5, 0.6) is 0 Å². The van der Waals surface area contributed by atoms with Gasteiger partial charge in [-0.05, 0) is 26.7 Å². The minimum atomic E-state index is 0.100. The highest BCUT2D eigenvalue weighted by Gasteiger charge is 2.22. The number of aromatic nitrogens is 2. The molecule has 1 aromatic rings. The molecule has 0 amide bonds. The fraction of sp³-hybridized carbons (Fsp3) is 0.727. The highest BCUT2D eigenvalue weighted by atomic mass is 15.1. The van der Waals surface area contributed by atoms with Crippen LogP contribution in [0.3, 0.4) is 0 Å². The maximum absolute atomic E-state index is 6.03. The lowest BCUT2D eigenvalue weighted by molar-refractivity contribution is 0.325. The van der Waals surface area contributed by atoms with E-state index in [4.69, 9.17) is 5.73 Å². The standard InChI is InChI=1S/C11H21N3/c1-5-9(12)10-7-13-8-14(10)11(3,4)6-2/h7-9H,5-6,12H2,1-4H3/t9-/m1/s1. The van der Waals surface area contributed by atoms with Gasteiger partial charge < -0.3 is 10.3 Å². The van der Waals surface area contributed by atoms with Crippen LogP contribution in [-0.2, 0) is 5.54 Å². The van der Waals surface area contributed by atoms with Crippen molar-refractivity contribution in [2.24, 2.45) is 5.73 Å². The van der Waals surface area contributed by atoms with Crippen LogP contribution in [0, 0.1) is 0 Å². The van der Waals surface area contributed by atoms with Crippen molar-refractivity contribution in [3.63, 3.8) is 0 Å². The van der Waals surface area contributed by atoms with Gasteiger partial charge in [-0.25, -0.2) is 4.98 Å². The number of nitrogens with two attached hydrogens (primary N) is 1. The summed E-state index contributed by atoms with van der Waals surface area (Å²) in [5.74, 6) is 0.